The molecule has 0 aliphatic heterocycles. The van der Waals surface area contributed by atoms with Crippen molar-refractivity contribution < 1.29 is 4.74 Å². The van der Waals surface area contributed by atoms with Crippen molar-refractivity contribution in [2.75, 3.05) is 6.61 Å². The smallest absolute Gasteiger partial charge is 0.213 e. The first-order valence-corrected chi connectivity index (χ1v) is 5.08. The molecule has 0 atom stereocenters. The quantitative estimate of drug-likeness (QED) is 0.783. The van der Waals surface area contributed by atoms with E-state index in [9.17, 15) is 0 Å². The summed E-state index contributed by atoms with van der Waals surface area (Å²) in [6, 6.07) is 7.69. The largest absolute Gasteiger partial charge is 0.494 e. The third kappa shape index (κ3) is 2.24. The fraction of sp³-hybridized carbons (Fsp3) is 0.200. The van der Waals surface area contributed by atoms with Gasteiger partial charge in [-0.3, -0.25) is 10.2 Å². The maximum atomic E-state index is 5.34. The molecule has 0 saturated heterocycles. The van der Waals surface area contributed by atoms with E-state index < -0.39 is 0 Å². The number of hydrogen-bond acceptors (Lipinski definition) is 3. The molecule has 2 N–H and O–H groups in total. The van der Waals surface area contributed by atoms with Gasteiger partial charge in [0.25, 0.3) is 0 Å². The van der Waals surface area contributed by atoms with Gasteiger partial charge in [0, 0.05) is 5.56 Å². The molecule has 0 saturated carbocycles. The zero-order valence-electron chi connectivity index (χ0n) is 8.28. The van der Waals surface area contributed by atoms with Crippen LogP contribution in [0.5, 0.6) is 5.75 Å². The topological polar surface area (TPSA) is 53.7 Å². The van der Waals surface area contributed by atoms with Gasteiger partial charge in [0.15, 0.2) is 5.82 Å². The lowest BCUT2D eigenvalue weighted by molar-refractivity contribution is 0.340. The van der Waals surface area contributed by atoms with Crippen LogP contribution in [0.1, 0.15) is 6.92 Å². The van der Waals surface area contributed by atoms with E-state index in [-0.39, 0.29) is 0 Å². The van der Waals surface area contributed by atoms with Crippen LogP contribution in [0, 0.1) is 4.77 Å². The van der Waals surface area contributed by atoms with Gasteiger partial charge >= 0.3 is 0 Å². The molecule has 15 heavy (non-hydrogen) atoms. The van der Waals surface area contributed by atoms with E-state index in [0.717, 1.165) is 17.1 Å². The Morgan fingerprint density at radius 1 is 1.27 bits per heavy atom. The normalized spacial score (nSPS) is 10.2. The van der Waals surface area contributed by atoms with Gasteiger partial charge in [-0.1, -0.05) is 0 Å². The number of hydrogen-bond donors (Lipinski definition) is 2. The first kappa shape index (κ1) is 9.92. The van der Waals surface area contributed by atoms with Crippen LogP contribution in [0.25, 0.3) is 11.4 Å². The summed E-state index contributed by atoms with van der Waals surface area (Å²) in [5.74, 6) is 1.60. The summed E-state index contributed by atoms with van der Waals surface area (Å²) in [5, 5.41) is 5.65. The molecule has 1 aromatic heterocycles. The van der Waals surface area contributed by atoms with Gasteiger partial charge in [0.05, 0.1) is 6.61 Å². The van der Waals surface area contributed by atoms with Crippen molar-refractivity contribution in [2.24, 2.45) is 0 Å². The molecule has 4 nitrogen and oxygen atoms in total. The SMILES string of the molecule is CCOc1ccc(-c2nc(=S)[nH][nH]2)cc1. The lowest BCUT2D eigenvalue weighted by Gasteiger charge is -2.02. The van der Waals surface area contributed by atoms with Gasteiger partial charge in [0.1, 0.15) is 5.75 Å². The summed E-state index contributed by atoms with van der Waals surface area (Å²) < 4.78 is 5.80. The molecule has 0 bridgehead atoms. The number of aromatic amines is 2. The lowest BCUT2D eigenvalue weighted by atomic mass is 10.2. The zero-order valence-corrected chi connectivity index (χ0v) is 9.10. The van der Waals surface area contributed by atoms with Crippen molar-refractivity contribution in [3.8, 4) is 17.1 Å². The van der Waals surface area contributed by atoms with Crippen molar-refractivity contribution >= 4 is 12.2 Å². The van der Waals surface area contributed by atoms with Gasteiger partial charge < -0.3 is 4.74 Å². The Labute approximate surface area is 92.3 Å². The fourth-order valence-electron chi connectivity index (χ4n) is 1.28. The molecule has 0 radical (unpaired) electrons. The Bertz CT molecular complexity index is 486. The zero-order chi connectivity index (χ0) is 10.7. The van der Waals surface area contributed by atoms with E-state index in [1.807, 2.05) is 31.2 Å². The summed E-state index contributed by atoms with van der Waals surface area (Å²) in [4.78, 5) is 4.12. The highest BCUT2D eigenvalue weighted by Crippen LogP contribution is 2.18. The summed E-state index contributed by atoms with van der Waals surface area (Å²) in [5.41, 5.74) is 0.978. The minimum absolute atomic E-state index is 0.457. The van der Waals surface area contributed by atoms with Gasteiger partial charge in [-0.05, 0) is 43.4 Å². The molecular weight excluding hydrogens is 210 g/mol. The average Bonchev–Trinajstić information content (AvgIpc) is 2.67. The fourth-order valence-corrected chi connectivity index (χ4v) is 1.42. The maximum Gasteiger partial charge on any atom is 0.213 e. The van der Waals surface area contributed by atoms with Crippen molar-refractivity contribution in [2.45, 2.75) is 6.92 Å². The summed E-state index contributed by atoms with van der Waals surface area (Å²) in [6.45, 7) is 2.63. The second-order valence-electron chi connectivity index (χ2n) is 2.97. The van der Waals surface area contributed by atoms with Crippen molar-refractivity contribution in [3.63, 3.8) is 0 Å². The predicted molar refractivity (Wildman–Crippen MR) is 60.4 cm³/mol. The molecule has 5 heteroatoms. The molecule has 2 rings (SSSR count). The van der Waals surface area contributed by atoms with E-state index in [2.05, 4.69) is 15.2 Å². The number of rotatable bonds is 3. The van der Waals surface area contributed by atoms with Crippen LogP contribution in [0.3, 0.4) is 0 Å². The lowest BCUT2D eigenvalue weighted by Crippen LogP contribution is -1.90. The Morgan fingerprint density at radius 3 is 2.53 bits per heavy atom. The predicted octanol–water partition coefficient (Wildman–Crippen LogP) is 2.53. The Morgan fingerprint density at radius 2 is 2.00 bits per heavy atom. The Balaban J connectivity index is 2.27. The van der Waals surface area contributed by atoms with Crippen molar-refractivity contribution in [3.05, 3.63) is 29.0 Å². The van der Waals surface area contributed by atoms with Crippen molar-refractivity contribution in [1.29, 1.82) is 0 Å². The number of benzene rings is 1. The highest BCUT2D eigenvalue weighted by Gasteiger charge is 2.00. The Hall–Kier alpha value is -1.62. The van der Waals surface area contributed by atoms with Crippen LogP contribution in [0.2, 0.25) is 0 Å². The first-order chi connectivity index (χ1) is 7.29. The minimum atomic E-state index is 0.457. The third-order valence-electron chi connectivity index (χ3n) is 1.94. The number of H-pyrrole nitrogens is 2. The molecule has 0 fully saturated rings. The highest BCUT2D eigenvalue weighted by atomic mass is 32.1. The second-order valence-corrected chi connectivity index (χ2v) is 3.36. The van der Waals surface area contributed by atoms with Crippen LogP contribution in [0.4, 0.5) is 0 Å². The van der Waals surface area contributed by atoms with Crippen LogP contribution in [0.15, 0.2) is 24.3 Å². The number of ether oxygens (including phenoxy) is 1. The molecule has 0 aliphatic carbocycles. The highest BCUT2D eigenvalue weighted by molar-refractivity contribution is 7.71. The van der Waals surface area contributed by atoms with Gasteiger partial charge in [-0.25, -0.2) is 0 Å². The summed E-state index contributed by atoms with van der Waals surface area (Å²) in [6.07, 6.45) is 0. The van der Waals surface area contributed by atoms with E-state index in [4.69, 9.17) is 17.0 Å². The number of nitrogens with zero attached hydrogens (tertiary/aromatic N) is 1. The van der Waals surface area contributed by atoms with Crippen molar-refractivity contribution in [1.82, 2.24) is 15.2 Å². The standard InChI is InChI=1S/C10H11N3OS/c1-2-14-8-5-3-7(4-6-8)9-11-10(15)13-12-9/h3-6H,2H2,1H3,(H2,11,12,13,15). The average molecular weight is 221 g/mol. The van der Waals surface area contributed by atoms with Gasteiger partial charge in [-0.2, -0.15) is 4.98 Å². The second kappa shape index (κ2) is 4.27. The van der Waals surface area contributed by atoms with E-state index >= 15 is 0 Å². The van der Waals surface area contributed by atoms with Crippen LogP contribution >= 0.6 is 12.2 Å². The molecule has 0 unspecified atom stereocenters. The first-order valence-electron chi connectivity index (χ1n) is 4.67. The molecule has 0 amide bonds. The van der Waals surface area contributed by atoms with E-state index in [1.165, 1.54) is 0 Å². The van der Waals surface area contributed by atoms with Crippen LogP contribution in [-0.2, 0) is 0 Å². The van der Waals surface area contributed by atoms with E-state index in [1.54, 1.807) is 0 Å². The maximum absolute atomic E-state index is 5.34. The third-order valence-corrected chi connectivity index (χ3v) is 2.13. The summed E-state index contributed by atoms with van der Waals surface area (Å²) in [7, 11) is 0. The number of nitrogens with one attached hydrogen (secondary N) is 2. The van der Waals surface area contributed by atoms with Gasteiger partial charge in [-0.15, -0.1) is 0 Å². The Kier molecular flexibility index (Phi) is 2.82. The number of aromatic nitrogens is 3. The summed E-state index contributed by atoms with van der Waals surface area (Å²) >= 11 is 4.88. The molecule has 2 aromatic rings. The molecular formula is C10H11N3OS. The molecule has 0 aliphatic rings. The molecule has 78 valence electrons. The molecule has 1 aromatic carbocycles. The van der Waals surface area contributed by atoms with Crippen LogP contribution < -0.4 is 4.74 Å². The molecule has 0 spiro atoms. The van der Waals surface area contributed by atoms with Gasteiger partial charge in [0.2, 0.25) is 4.77 Å². The molecule has 1 heterocycles. The van der Waals surface area contributed by atoms with E-state index in [0.29, 0.717) is 11.4 Å². The monoisotopic (exact) mass is 221 g/mol. The van der Waals surface area contributed by atoms with Crippen LogP contribution in [-0.4, -0.2) is 21.8 Å². The minimum Gasteiger partial charge on any atom is -0.494 e.